The zero-order chi connectivity index (χ0) is 14.0. The molecule has 1 amide bonds. The number of carboxylic acids is 1. The molecule has 0 heterocycles. The van der Waals surface area contributed by atoms with Crippen molar-refractivity contribution in [2.75, 3.05) is 0 Å². The highest BCUT2D eigenvalue weighted by Gasteiger charge is 2.37. The number of aliphatic carboxylic acids is 1. The molecule has 2 N–H and O–H groups in total. The van der Waals surface area contributed by atoms with Gasteiger partial charge in [-0.1, -0.05) is 17.7 Å². The van der Waals surface area contributed by atoms with Crippen LogP contribution in [0.2, 0.25) is 5.02 Å². The predicted octanol–water partition coefficient (Wildman–Crippen LogP) is 2.00. The van der Waals surface area contributed by atoms with Crippen LogP contribution in [0.3, 0.4) is 0 Å². The van der Waals surface area contributed by atoms with Crippen molar-refractivity contribution in [2.24, 2.45) is 5.92 Å². The molecule has 1 aromatic carbocycles. The largest absolute Gasteiger partial charge is 0.480 e. The van der Waals surface area contributed by atoms with Gasteiger partial charge in [-0.3, -0.25) is 4.79 Å². The Morgan fingerprint density at radius 3 is 2.68 bits per heavy atom. The number of amides is 1. The molecule has 1 aliphatic rings. The molecule has 1 saturated carbocycles. The number of benzene rings is 1. The topological polar surface area (TPSA) is 66.4 Å². The third-order valence-corrected chi connectivity index (χ3v) is 3.39. The number of hydrogen-bond donors (Lipinski definition) is 2. The van der Waals surface area contributed by atoms with Crippen LogP contribution < -0.4 is 5.32 Å². The minimum absolute atomic E-state index is 0.0186. The molecule has 0 aromatic heterocycles. The minimum atomic E-state index is -1.03. The molecule has 1 aliphatic carbocycles. The molecule has 0 spiro atoms. The molecule has 6 heteroatoms. The van der Waals surface area contributed by atoms with E-state index >= 15 is 0 Å². The van der Waals surface area contributed by atoms with Crippen molar-refractivity contribution in [3.05, 3.63) is 34.6 Å². The first-order valence-electron chi connectivity index (χ1n) is 5.93. The van der Waals surface area contributed by atoms with E-state index in [1.54, 1.807) is 0 Å². The number of carboxylic acid groups (broad SMARTS) is 1. The second-order valence-electron chi connectivity index (χ2n) is 4.63. The smallest absolute Gasteiger partial charge is 0.326 e. The molecule has 1 aromatic rings. The van der Waals surface area contributed by atoms with Crippen molar-refractivity contribution in [3.63, 3.8) is 0 Å². The van der Waals surface area contributed by atoms with Gasteiger partial charge in [-0.2, -0.15) is 0 Å². The number of rotatable bonds is 5. The van der Waals surface area contributed by atoms with E-state index in [9.17, 15) is 14.0 Å². The average Bonchev–Trinajstić information content (AvgIpc) is 3.13. The lowest BCUT2D eigenvalue weighted by Crippen LogP contribution is -2.43. The summed E-state index contributed by atoms with van der Waals surface area (Å²) in [6.45, 7) is 0. The Morgan fingerprint density at radius 2 is 2.16 bits per heavy atom. The van der Waals surface area contributed by atoms with E-state index in [1.807, 2.05) is 0 Å². The van der Waals surface area contributed by atoms with Crippen LogP contribution in [-0.2, 0) is 16.0 Å². The van der Waals surface area contributed by atoms with Crippen molar-refractivity contribution in [1.82, 2.24) is 5.32 Å². The van der Waals surface area contributed by atoms with Gasteiger partial charge in [0.2, 0.25) is 5.91 Å². The third-order valence-electron chi connectivity index (χ3n) is 3.04. The summed E-state index contributed by atoms with van der Waals surface area (Å²) in [4.78, 5) is 22.8. The summed E-state index contributed by atoms with van der Waals surface area (Å²) in [6.07, 6.45) is 1.57. The number of hydrogen-bond acceptors (Lipinski definition) is 2. The molecule has 19 heavy (non-hydrogen) atoms. The summed E-state index contributed by atoms with van der Waals surface area (Å²) in [5.74, 6) is -1.91. The van der Waals surface area contributed by atoms with E-state index in [0.717, 1.165) is 18.9 Å². The van der Waals surface area contributed by atoms with E-state index in [4.69, 9.17) is 16.7 Å². The van der Waals surface area contributed by atoms with Crippen molar-refractivity contribution < 1.29 is 19.1 Å². The van der Waals surface area contributed by atoms with Crippen LogP contribution in [0.5, 0.6) is 0 Å². The van der Waals surface area contributed by atoms with Gasteiger partial charge < -0.3 is 10.4 Å². The van der Waals surface area contributed by atoms with Crippen molar-refractivity contribution in [2.45, 2.75) is 25.3 Å². The first-order chi connectivity index (χ1) is 8.97. The number of halogens is 2. The number of carbonyl (C=O) groups is 2. The summed E-state index contributed by atoms with van der Waals surface area (Å²) >= 11 is 5.81. The normalized spacial score (nSPS) is 15.9. The Labute approximate surface area is 114 Å². The van der Waals surface area contributed by atoms with Gasteiger partial charge in [-0.05, 0) is 36.5 Å². The summed E-state index contributed by atoms with van der Waals surface area (Å²) < 4.78 is 12.9. The molecule has 0 aliphatic heterocycles. The summed E-state index contributed by atoms with van der Waals surface area (Å²) in [6, 6.07) is 2.92. The highest BCUT2D eigenvalue weighted by Crippen LogP contribution is 2.32. The Kier molecular flexibility index (Phi) is 4.04. The Bertz CT molecular complexity index is 517. The molecule has 4 nitrogen and oxygen atoms in total. The fraction of sp³-hybridized carbons (Fsp3) is 0.385. The second-order valence-corrected chi connectivity index (χ2v) is 5.04. The fourth-order valence-electron chi connectivity index (χ4n) is 1.87. The Hall–Kier alpha value is -1.62. The third kappa shape index (κ3) is 3.67. The summed E-state index contributed by atoms with van der Waals surface area (Å²) in [7, 11) is 0. The van der Waals surface area contributed by atoms with Gasteiger partial charge >= 0.3 is 5.97 Å². The van der Waals surface area contributed by atoms with E-state index in [0.29, 0.717) is 5.56 Å². The first-order valence-corrected chi connectivity index (χ1v) is 6.31. The molecule has 0 bridgehead atoms. The zero-order valence-corrected chi connectivity index (χ0v) is 10.8. The molecule has 1 unspecified atom stereocenters. The van der Waals surface area contributed by atoms with Gasteiger partial charge in [0.05, 0.1) is 6.42 Å². The lowest BCUT2D eigenvalue weighted by Gasteiger charge is -2.13. The highest BCUT2D eigenvalue weighted by atomic mass is 35.5. The molecule has 1 fully saturated rings. The number of carbonyl (C=O) groups excluding carboxylic acids is 1. The van der Waals surface area contributed by atoms with Gasteiger partial charge in [-0.15, -0.1) is 0 Å². The van der Waals surface area contributed by atoms with Crippen LogP contribution in [0, 0.1) is 11.7 Å². The van der Waals surface area contributed by atoms with E-state index in [1.165, 1.54) is 12.1 Å². The maximum Gasteiger partial charge on any atom is 0.326 e. The van der Waals surface area contributed by atoms with Gasteiger partial charge in [0.1, 0.15) is 11.9 Å². The van der Waals surface area contributed by atoms with Crippen LogP contribution in [0.15, 0.2) is 18.2 Å². The first kappa shape index (κ1) is 13.8. The summed E-state index contributed by atoms with van der Waals surface area (Å²) in [5, 5.41) is 11.6. The van der Waals surface area contributed by atoms with Crippen molar-refractivity contribution in [1.29, 1.82) is 0 Å². The lowest BCUT2D eigenvalue weighted by molar-refractivity contribution is -0.142. The zero-order valence-electron chi connectivity index (χ0n) is 10.0. The van der Waals surface area contributed by atoms with Crippen LogP contribution in [0.4, 0.5) is 4.39 Å². The standard InChI is InChI=1S/C13H13ClFNO3/c14-10-6-9(15)4-3-8(10)5-11(17)16-12(13(18)19)7-1-2-7/h3-4,6-7,12H,1-2,5H2,(H,16,17)(H,18,19). The van der Waals surface area contributed by atoms with Gasteiger partial charge in [0, 0.05) is 5.02 Å². The SMILES string of the molecule is O=C(Cc1ccc(F)cc1Cl)NC(C(=O)O)C1CC1. The molecular weight excluding hydrogens is 273 g/mol. The lowest BCUT2D eigenvalue weighted by atomic mass is 10.1. The van der Waals surface area contributed by atoms with Crippen LogP contribution in [0.1, 0.15) is 18.4 Å². The van der Waals surface area contributed by atoms with Crippen molar-refractivity contribution >= 4 is 23.5 Å². The maximum atomic E-state index is 12.9. The van der Waals surface area contributed by atoms with E-state index < -0.39 is 23.7 Å². The molecule has 102 valence electrons. The molecule has 0 radical (unpaired) electrons. The van der Waals surface area contributed by atoms with Gasteiger partial charge in [-0.25, -0.2) is 9.18 Å². The van der Waals surface area contributed by atoms with Crippen molar-refractivity contribution in [3.8, 4) is 0 Å². The molecule has 2 rings (SSSR count). The monoisotopic (exact) mass is 285 g/mol. The Morgan fingerprint density at radius 1 is 1.47 bits per heavy atom. The van der Waals surface area contributed by atoms with Crippen LogP contribution >= 0.6 is 11.6 Å². The quantitative estimate of drug-likeness (QED) is 0.869. The maximum absolute atomic E-state index is 12.9. The highest BCUT2D eigenvalue weighted by molar-refractivity contribution is 6.31. The predicted molar refractivity (Wildman–Crippen MR) is 67.4 cm³/mol. The van der Waals surface area contributed by atoms with Crippen LogP contribution in [-0.4, -0.2) is 23.0 Å². The average molecular weight is 286 g/mol. The minimum Gasteiger partial charge on any atom is -0.480 e. The van der Waals surface area contributed by atoms with Gasteiger partial charge in [0.25, 0.3) is 0 Å². The molecule has 0 saturated heterocycles. The molecular formula is C13H13ClFNO3. The van der Waals surface area contributed by atoms with E-state index in [2.05, 4.69) is 5.32 Å². The van der Waals surface area contributed by atoms with E-state index in [-0.39, 0.29) is 17.4 Å². The van der Waals surface area contributed by atoms with Crippen LogP contribution in [0.25, 0.3) is 0 Å². The fourth-order valence-corrected chi connectivity index (χ4v) is 2.11. The Balaban J connectivity index is 1.98. The van der Waals surface area contributed by atoms with Gasteiger partial charge in [0.15, 0.2) is 0 Å². The number of nitrogens with one attached hydrogen (secondary N) is 1. The second kappa shape index (κ2) is 5.57. The molecule has 1 atom stereocenters. The summed E-state index contributed by atoms with van der Waals surface area (Å²) in [5.41, 5.74) is 0.473.